The second-order valence-electron chi connectivity index (χ2n) is 6.58. The molecule has 5 nitrogen and oxygen atoms in total. The van der Waals surface area contributed by atoms with Gasteiger partial charge in [-0.3, -0.25) is 14.7 Å². The van der Waals surface area contributed by atoms with Crippen molar-refractivity contribution >= 4 is 0 Å². The topological polar surface area (TPSA) is 61.9 Å². The predicted molar refractivity (Wildman–Crippen MR) is 97.1 cm³/mol. The smallest absolute Gasteiger partial charge is 0.251 e. The van der Waals surface area contributed by atoms with Crippen LogP contribution in [0.4, 0.5) is 4.39 Å². The summed E-state index contributed by atoms with van der Waals surface area (Å²) in [5.41, 5.74) is 2.23. The highest BCUT2D eigenvalue weighted by atomic mass is 19.1. The van der Waals surface area contributed by atoms with Crippen LogP contribution in [0.2, 0.25) is 0 Å². The average Bonchev–Trinajstić information content (AvgIpc) is 3.10. The van der Waals surface area contributed by atoms with Gasteiger partial charge in [0.1, 0.15) is 11.5 Å². The monoisotopic (exact) mass is 350 g/mol. The summed E-state index contributed by atoms with van der Waals surface area (Å²) < 4.78 is 13.4. The molecule has 3 heterocycles. The molecule has 1 aliphatic rings. The van der Waals surface area contributed by atoms with E-state index in [4.69, 9.17) is 0 Å². The Morgan fingerprint density at radius 3 is 2.92 bits per heavy atom. The van der Waals surface area contributed by atoms with Crippen molar-refractivity contribution in [3.05, 3.63) is 82.2 Å². The van der Waals surface area contributed by atoms with Gasteiger partial charge >= 0.3 is 0 Å². The molecule has 6 heteroatoms. The van der Waals surface area contributed by atoms with Crippen LogP contribution in [-0.2, 0) is 6.54 Å². The van der Waals surface area contributed by atoms with Crippen LogP contribution in [-0.4, -0.2) is 32.9 Å². The van der Waals surface area contributed by atoms with Crippen LogP contribution in [0.15, 0.2) is 59.5 Å². The van der Waals surface area contributed by atoms with Crippen LogP contribution in [0.3, 0.4) is 0 Å². The molecule has 1 N–H and O–H groups in total. The van der Waals surface area contributed by atoms with Crippen molar-refractivity contribution in [3.8, 4) is 11.5 Å². The molecule has 1 saturated heterocycles. The summed E-state index contributed by atoms with van der Waals surface area (Å²) in [5.74, 6) is 0.472. The number of benzene rings is 1. The van der Waals surface area contributed by atoms with Crippen molar-refractivity contribution in [2.24, 2.45) is 0 Å². The summed E-state index contributed by atoms with van der Waals surface area (Å²) in [6.07, 6.45) is 2.60. The second kappa shape index (κ2) is 7.17. The van der Waals surface area contributed by atoms with Crippen molar-refractivity contribution in [2.45, 2.75) is 18.9 Å². The van der Waals surface area contributed by atoms with E-state index in [0.29, 0.717) is 18.1 Å². The Morgan fingerprint density at radius 1 is 1.19 bits per heavy atom. The molecule has 0 spiro atoms. The molecule has 2 aromatic heterocycles. The number of pyridine rings is 1. The third-order valence-corrected chi connectivity index (χ3v) is 4.65. The summed E-state index contributed by atoms with van der Waals surface area (Å²) in [4.78, 5) is 26.0. The molecule has 1 aliphatic heterocycles. The van der Waals surface area contributed by atoms with Gasteiger partial charge in [0, 0.05) is 31.3 Å². The van der Waals surface area contributed by atoms with Crippen molar-refractivity contribution in [2.75, 3.05) is 13.1 Å². The molecule has 132 valence electrons. The van der Waals surface area contributed by atoms with Gasteiger partial charge in [-0.1, -0.05) is 18.2 Å². The Hall–Kier alpha value is -2.86. The maximum absolute atomic E-state index is 13.4. The van der Waals surface area contributed by atoms with Gasteiger partial charge in [-0.05, 0) is 42.8 Å². The molecule has 1 fully saturated rings. The molecular weight excluding hydrogens is 331 g/mol. The fourth-order valence-corrected chi connectivity index (χ4v) is 3.42. The van der Waals surface area contributed by atoms with Gasteiger partial charge in [-0.25, -0.2) is 9.37 Å². The summed E-state index contributed by atoms with van der Waals surface area (Å²) in [6.45, 7) is 2.40. The van der Waals surface area contributed by atoms with Gasteiger partial charge in [0.25, 0.3) is 5.56 Å². The van der Waals surface area contributed by atoms with E-state index in [9.17, 15) is 9.18 Å². The maximum atomic E-state index is 13.4. The van der Waals surface area contributed by atoms with E-state index in [-0.39, 0.29) is 17.3 Å². The molecule has 0 aliphatic carbocycles. The van der Waals surface area contributed by atoms with Crippen LogP contribution in [0, 0.1) is 5.82 Å². The Kier molecular flexibility index (Phi) is 4.58. The van der Waals surface area contributed by atoms with Gasteiger partial charge in [-0.2, -0.15) is 0 Å². The highest BCUT2D eigenvalue weighted by Gasteiger charge is 2.26. The first-order valence-corrected chi connectivity index (χ1v) is 8.67. The lowest BCUT2D eigenvalue weighted by atomic mass is 10.0. The van der Waals surface area contributed by atoms with Gasteiger partial charge in [-0.15, -0.1) is 0 Å². The van der Waals surface area contributed by atoms with Crippen molar-refractivity contribution in [1.29, 1.82) is 0 Å². The number of nitrogens with zero attached hydrogens (tertiary/aromatic N) is 3. The third kappa shape index (κ3) is 3.70. The molecule has 1 atom stereocenters. The summed E-state index contributed by atoms with van der Waals surface area (Å²) in [5, 5.41) is 0. The average molecular weight is 350 g/mol. The van der Waals surface area contributed by atoms with Gasteiger partial charge in [0.05, 0.1) is 5.69 Å². The van der Waals surface area contributed by atoms with E-state index in [1.807, 2.05) is 24.3 Å². The Bertz CT molecular complexity index is 957. The largest absolute Gasteiger partial charge is 0.305 e. The van der Waals surface area contributed by atoms with Crippen molar-refractivity contribution < 1.29 is 4.39 Å². The van der Waals surface area contributed by atoms with Crippen LogP contribution in [0.5, 0.6) is 0 Å². The van der Waals surface area contributed by atoms with Gasteiger partial charge in [0.2, 0.25) is 0 Å². The molecule has 0 saturated carbocycles. The summed E-state index contributed by atoms with van der Waals surface area (Å²) in [6, 6.07) is 13.8. The summed E-state index contributed by atoms with van der Waals surface area (Å²) >= 11 is 0. The Labute approximate surface area is 150 Å². The lowest BCUT2D eigenvalue weighted by Crippen LogP contribution is -2.21. The van der Waals surface area contributed by atoms with Crippen LogP contribution in [0.1, 0.15) is 23.6 Å². The number of aromatic amines is 1. The molecule has 26 heavy (non-hydrogen) atoms. The highest BCUT2D eigenvalue weighted by Crippen LogP contribution is 2.27. The van der Waals surface area contributed by atoms with Gasteiger partial charge < -0.3 is 4.98 Å². The summed E-state index contributed by atoms with van der Waals surface area (Å²) in [7, 11) is 0. The molecule has 3 aromatic rings. The van der Waals surface area contributed by atoms with E-state index in [1.54, 1.807) is 24.4 Å². The van der Waals surface area contributed by atoms with Crippen LogP contribution >= 0.6 is 0 Å². The lowest BCUT2D eigenvalue weighted by molar-refractivity contribution is 0.326. The SMILES string of the molecule is O=c1cc([C@H]2CCN(Cc3cccc(F)c3)C2)nc(-c2ccccn2)[nH]1. The number of nitrogens with one attached hydrogen (secondary N) is 1. The first-order chi connectivity index (χ1) is 12.7. The highest BCUT2D eigenvalue weighted by molar-refractivity contribution is 5.48. The number of rotatable bonds is 4. The van der Waals surface area contributed by atoms with Crippen LogP contribution in [0.25, 0.3) is 11.5 Å². The quantitative estimate of drug-likeness (QED) is 0.786. The van der Waals surface area contributed by atoms with Crippen molar-refractivity contribution in [3.63, 3.8) is 0 Å². The minimum absolute atomic E-state index is 0.167. The molecular formula is C20H19FN4O. The Balaban J connectivity index is 1.52. The number of halogens is 1. The third-order valence-electron chi connectivity index (χ3n) is 4.65. The minimum Gasteiger partial charge on any atom is -0.305 e. The lowest BCUT2D eigenvalue weighted by Gasteiger charge is -2.16. The number of hydrogen-bond donors (Lipinski definition) is 1. The second-order valence-corrected chi connectivity index (χ2v) is 6.58. The zero-order valence-corrected chi connectivity index (χ0v) is 14.2. The first kappa shape index (κ1) is 16.6. The number of likely N-dealkylation sites (tertiary alicyclic amines) is 1. The van der Waals surface area contributed by atoms with E-state index >= 15 is 0 Å². The zero-order chi connectivity index (χ0) is 17.9. The predicted octanol–water partition coefficient (Wildman–Crippen LogP) is 2.96. The van der Waals surface area contributed by atoms with Crippen molar-refractivity contribution in [1.82, 2.24) is 19.9 Å². The van der Waals surface area contributed by atoms with Crippen LogP contribution < -0.4 is 5.56 Å². The van der Waals surface area contributed by atoms with E-state index in [0.717, 1.165) is 30.8 Å². The molecule has 0 amide bonds. The molecule has 0 bridgehead atoms. The number of aromatic nitrogens is 3. The fourth-order valence-electron chi connectivity index (χ4n) is 3.42. The first-order valence-electron chi connectivity index (χ1n) is 8.67. The number of H-pyrrole nitrogens is 1. The molecule has 0 unspecified atom stereocenters. The van der Waals surface area contributed by atoms with E-state index in [1.165, 1.54) is 6.07 Å². The fraction of sp³-hybridized carbons (Fsp3) is 0.250. The van der Waals surface area contributed by atoms with E-state index in [2.05, 4.69) is 19.9 Å². The minimum atomic E-state index is -0.213. The molecule has 1 aromatic carbocycles. The maximum Gasteiger partial charge on any atom is 0.251 e. The molecule has 4 rings (SSSR count). The Morgan fingerprint density at radius 2 is 2.12 bits per heavy atom. The zero-order valence-electron chi connectivity index (χ0n) is 14.2. The normalized spacial score (nSPS) is 17.5. The molecule has 0 radical (unpaired) electrons. The van der Waals surface area contributed by atoms with E-state index < -0.39 is 0 Å². The number of hydrogen-bond acceptors (Lipinski definition) is 4. The van der Waals surface area contributed by atoms with Gasteiger partial charge in [0.15, 0.2) is 5.82 Å². The standard InChI is InChI=1S/C20H19FN4O/c21-16-5-3-4-14(10-16)12-25-9-7-15(13-25)18-11-19(26)24-20(23-18)17-6-1-2-8-22-17/h1-6,8,10-11,15H,7,9,12-13H2,(H,23,24,26)/t15-/m0/s1.